The lowest BCUT2D eigenvalue weighted by molar-refractivity contribution is -0.125. The van der Waals surface area contributed by atoms with E-state index in [1.54, 1.807) is 0 Å². The Bertz CT molecular complexity index is 549. The molecule has 0 radical (unpaired) electrons. The van der Waals surface area contributed by atoms with E-state index in [-0.39, 0.29) is 5.91 Å². The summed E-state index contributed by atoms with van der Waals surface area (Å²) in [6.07, 6.45) is 2.71. The summed E-state index contributed by atoms with van der Waals surface area (Å²) in [6, 6.07) is 10.4. The van der Waals surface area contributed by atoms with Crippen LogP contribution in [0, 0.1) is 17.2 Å². The molecule has 4 nitrogen and oxygen atoms in total. The maximum atomic E-state index is 11.4. The highest BCUT2D eigenvalue weighted by atomic mass is 16.1. The van der Waals surface area contributed by atoms with E-state index in [4.69, 9.17) is 5.26 Å². The van der Waals surface area contributed by atoms with Crippen molar-refractivity contribution >= 4 is 5.91 Å². The van der Waals surface area contributed by atoms with Crippen molar-refractivity contribution in [3.05, 3.63) is 35.4 Å². The van der Waals surface area contributed by atoms with Gasteiger partial charge in [-0.25, -0.2) is 0 Å². The first kappa shape index (κ1) is 13.1. The molecule has 0 spiro atoms. The number of nitrogens with zero attached hydrogens (tertiary/aromatic N) is 2. The summed E-state index contributed by atoms with van der Waals surface area (Å²) >= 11 is 0. The molecule has 1 N–H and O–H groups in total. The Kier molecular flexibility index (Phi) is 3.70. The first-order valence-electron chi connectivity index (χ1n) is 7.25. The number of nitriles is 1. The molecule has 1 amide bonds. The third kappa shape index (κ3) is 2.83. The lowest BCUT2D eigenvalue weighted by Gasteiger charge is -2.41. The highest BCUT2D eigenvalue weighted by Gasteiger charge is 2.33. The Morgan fingerprint density at radius 1 is 1.40 bits per heavy atom. The molecular formula is C16H19N3O. The molecule has 1 aromatic carbocycles. The predicted octanol–water partition coefficient (Wildman–Crippen LogP) is 1.66. The average molecular weight is 269 g/mol. The zero-order valence-corrected chi connectivity index (χ0v) is 11.5. The molecule has 3 rings (SSSR count). The van der Waals surface area contributed by atoms with Crippen LogP contribution in [0.25, 0.3) is 0 Å². The van der Waals surface area contributed by atoms with Gasteiger partial charge in [0, 0.05) is 32.1 Å². The van der Waals surface area contributed by atoms with Crippen molar-refractivity contribution in [1.82, 2.24) is 10.2 Å². The van der Waals surface area contributed by atoms with Gasteiger partial charge in [0.1, 0.15) is 0 Å². The van der Waals surface area contributed by atoms with E-state index in [0.717, 1.165) is 38.0 Å². The van der Waals surface area contributed by atoms with E-state index in [9.17, 15) is 4.79 Å². The van der Waals surface area contributed by atoms with Crippen molar-refractivity contribution in [2.45, 2.75) is 31.8 Å². The number of amides is 1. The maximum absolute atomic E-state index is 11.4. The summed E-state index contributed by atoms with van der Waals surface area (Å²) in [5.41, 5.74) is 1.92. The van der Waals surface area contributed by atoms with Gasteiger partial charge in [-0.05, 0) is 36.5 Å². The molecule has 0 aliphatic carbocycles. The number of hydrogen-bond donors (Lipinski definition) is 1. The normalized spacial score (nSPS) is 26.4. The molecule has 1 aromatic rings. The molecule has 2 atom stereocenters. The zero-order valence-electron chi connectivity index (χ0n) is 11.5. The van der Waals surface area contributed by atoms with Crippen LogP contribution >= 0.6 is 0 Å². The number of hydrogen-bond acceptors (Lipinski definition) is 3. The highest BCUT2D eigenvalue weighted by molar-refractivity contribution is 5.77. The van der Waals surface area contributed by atoms with Crippen LogP contribution in [0.1, 0.15) is 30.4 Å². The summed E-state index contributed by atoms with van der Waals surface area (Å²) in [4.78, 5) is 13.8. The molecule has 2 saturated heterocycles. The van der Waals surface area contributed by atoms with Gasteiger partial charge in [0.15, 0.2) is 0 Å². The Morgan fingerprint density at radius 3 is 3.15 bits per heavy atom. The lowest BCUT2D eigenvalue weighted by atomic mass is 9.85. The zero-order chi connectivity index (χ0) is 13.9. The monoisotopic (exact) mass is 269 g/mol. The number of piperidine rings is 2. The van der Waals surface area contributed by atoms with Gasteiger partial charge >= 0.3 is 0 Å². The van der Waals surface area contributed by atoms with Gasteiger partial charge in [-0.2, -0.15) is 5.26 Å². The summed E-state index contributed by atoms with van der Waals surface area (Å²) in [7, 11) is 0. The van der Waals surface area contributed by atoms with E-state index in [2.05, 4.69) is 22.4 Å². The predicted molar refractivity (Wildman–Crippen MR) is 75.7 cm³/mol. The Balaban J connectivity index is 1.62. The molecule has 0 aromatic heterocycles. The fraction of sp³-hybridized carbons (Fsp3) is 0.500. The van der Waals surface area contributed by atoms with Crippen LogP contribution < -0.4 is 5.32 Å². The second kappa shape index (κ2) is 5.64. The fourth-order valence-electron chi connectivity index (χ4n) is 3.33. The Labute approximate surface area is 119 Å². The van der Waals surface area contributed by atoms with Gasteiger partial charge < -0.3 is 5.32 Å². The number of carbonyl (C=O) groups is 1. The summed E-state index contributed by atoms with van der Waals surface area (Å²) in [5, 5.41) is 12.1. The van der Waals surface area contributed by atoms with E-state index in [1.807, 2.05) is 18.2 Å². The number of benzene rings is 1. The molecule has 0 bridgehead atoms. The molecular weight excluding hydrogens is 250 g/mol. The lowest BCUT2D eigenvalue weighted by Crippen LogP contribution is -2.53. The molecule has 2 unspecified atom stereocenters. The molecule has 2 heterocycles. The number of likely N-dealkylation sites (tertiary alicyclic amines) is 1. The van der Waals surface area contributed by atoms with Gasteiger partial charge in [0.05, 0.1) is 11.6 Å². The van der Waals surface area contributed by atoms with Gasteiger partial charge in [-0.1, -0.05) is 12.1 Å². The Hall–Kier alpha value is -1.86. The van der Waals surface area contributed by atoms with Crippen molar-refractivity contribution < 1.29 is 4.79 Å². The third-order valence-corrected chi connectivity index (χ3v) is 4.37. The molecule has 20 heavy (non-hydrogen) atoms. The molecule has 2 aliphatic rings. The van der Waals surface area contributed by atoms with Crippen molar-refractivity contribution in [2.75, 3.05) is 13.1 Å². The van der Waals surface area contributed by atoms with Crippen molar-refractivity contribution in [2.24, 2.45) is 5.92 Å². The van der Waals surface area contributed by atoms with Gasteiger partial charge in [-0.3, -0.25) is 9.69 Å². The average Bonchev–Trinajstić information content (AvgIpc) is 2.47. The second-order valence-electron chi connectivity index (χ2n) is 5.81. The fourth-order valence-corrected chi connectivity index (χ4v) is 3.33. The highest BCUT2D eigenvalue weighted by Crippen LogP contribution is 2.26. The number of nitrogens with one attached hydrogen (secondary N) is 1. The topological polar surface area (TPSA) is 56.1 Å². The van der Waals surface area contributed by atoms with E-state index in [0.29, 0.717) is 18.4 Å². The van der Waals surface area contributed by atoms with Crippen LogP contribution in [0.3, 0.4) is 0 Å². The summed E-state index contributed by atoms with van der Waals surface area (Å²) < 4.78 is 0. The second-order valence-corrected chi connectivity index (χ2v) is 5.81. The minimum absolute atomic E-state index is 0.210. The molecule has 2 aliphatic heterocycles. The molecule has 2 fully saturated rings. The van der Waals surface area contributed by atoms with E-state index in [1.165, 1.54) is 5.56 Å². The van der Waals surface area contributed by atoms with Gasteiger partial charge in [0.2, 0.25) is 5.91 Å². The largest absolute Gasteiger partial charge is 0.353 e. The Morgan fingerprint density at radius 2 is 2.30 bits per heavy atom. The number of rotatable bonds is 2. The smallest absolute Gasteiger partial charge is 0.220 e. The molecule has 104 valence electrons. The van der Waals surface area contributed by atoms with Crippen molar-refractivity contribution in [3.63, 3.8) is 0 Å². The van der Waals surface area contributed by atoms with Crippen LogP contribution in [0.5, 0.6) is 0 Å². The summed E-state index contributed by atoms with van der Waals surface area (Å²) in [6.45, 7) is 2.95. The minimum atomic E-state index is 0.210. The van der Waals surface area contributed by atoms with Crippen LogP contribution in [0.15, 0.2) is 24.3 Å². The first-order valence-corrected chi connectivity index (χ1v) is 7.25. The minimum Gasteiger partial charge on any atom is -0.353 e. The van der Waals surface area contributed by atoms with Crippen LogP contribution in [0.4, 0.5) is 0 Å². The maximum Gasteiger partial charge on any atom is 0.220 e. The van der Waals surface area contributed by atoms with Gasteiger partial charge in [0.25, 0.3) is 0 Å². The SMILES string of the molecule is N#Cc1cccc(CN2CCC3NC(=O)CCC3C2)c1. The van der Waals surface area contributed by atoms with Crippen molar-refractivity contribution in [3.8, 4) is 6.07 Å². The van der Waals surface area contributed by atoms with E-state index >= 15 is 0 Å². The number of fused-ring (bicyclic) bond motifs is 1. The number of carbonyl (C=O) groups excluding carboxylic acids is 1. The van der Waals surface area contributed by atoms with Gasteiger partial charge in [-0.15, -0.1) is 0 Å². The first-order chi connectivity index (χ1) is 9.74. The standard InChI is InChI=1S/C16H19N3O/c17-9-12-2-1-3-13(8-12)10-19-7-6-15-14(11-19)4-5-16(20)18-15/h1-3,8,14-15H,4-7,10-11H2,(H,18,20). The van der Waals surface area contributed by atoms with Crippen LogP contribution in [-0.2, 0) is 11.3 Å². The quantitative estimate of drug-likeness (QED) is 0.888. The molecule has 4 heteroatoms. The van der Waals surface area contributed by atoms with E-state index < -0.39 is 0 Å². The van der Waals surface area contributed by atoms with Crippen LogP contribution in [-0.4, -0.2) is 29.9 Å². The van der Waals surface area contributed by atoms with Crippen LogP contribution in [0.2, 0.25) is 0 Å². The van der Waals surface area contributed by atoms with Crippen molar-refractivity contribution in [1.29, 1.82) is 5.26 Å². The summed E-state index contributed by atoms with van der Waals surface area (Å²) in [5.74, 6) is 0.794. The third-order valence-electron chi connectivity index (χ3n) is 4.37. The molecule has 0 saturated carbocycles.